The van der Waals surface area contributed by atoms with Crippen LogP contribution in [0, 0.1) is 0 Å². The van der Waals surface area contributed by atoms with Gasteiger partial charge in [0.1, 0.15) is 0 Å². The van der Waals surface area contributed by atoms with Gasteiger partial charge in [0.25, 0.3) is 0 Å². The number of carbonyl (C=O) groups is 2. The van der Waals surface area contributed by atoms with Gasteiger partial charge in [0, 0.05) is 6.42 Å². The van der Waals surface area contributed by atoms with Gasteiger partial charge in [0.05, 0.1) is 13.7 Å². The molecule has 0 bridgehead atoms. The van der Waals surface area contributed by atoms with Crippen molar-refractivity contribution < 1.29 is 19.4 Å². The maximum absolute atomic E-state index is 11.7. The van der Waals surface area contributed by atoms with Crippen LogP contribution in [0.15, 0.2) is 35.9 Å². The zero-order chi connectivity index (χ0) is 15.7. The Labute approximate surface area is 124 Å². The van der Waals surface area contributed by atoms with E-state index in [0.29, 0.717) is 6.42 Å². The summed E-state index contributed by atoms with van der Waals surface area (Å²) in [6, 6.07) is 8.83. The van der Waals surface area contributed by atoms with Crippen molar-refractivity contribution in [3.05, 3.63) is 41.5 Å². The molecule has 0 saturated carbocycles. The highest BCUT2D eigenvalue weighted by Gasteiger charge is 2.19. The number of hydrogen-bond donors (Lipinski definition) is 2. The molecule has 0 aliphatic rings. The molecule has 1 rings (SSSR count). The normalized spacial score (nSPS) is 12.6. The van der Waals surface area contributed by atoms with E-state index < -0.39 is 18.6 Å². The third kappa shape index (κ3) is 6.23. The van der Waals surface area contributed by atoms with Crippen LogP contribution in [-0.2, 0) is 14.3 Å². The minimum atomic E-state index is -0.999. The fourth-order valence-electron chi connectivity index (χ4n) is 1.80. The Morgan fingerprint density at radius 3 is 2.52 bits per heavy atom. The summed E-state index contributed by atoms with van der Waals surface area (Å²) in [5.74, 6) is -0.942. The molecular formula is C16H21NO4. The average molecular weight is 291 g/mol. The number of benzene rings is 1. The van der Waals surface area contributed by atoms with Crippen LogP contribution < -0.4 is 5.32 Å². The van der Waals surface area contributed by atoms with Crippen LogP contribution >= 0.6 is 0 Å². The second-order valence-electron chi connectivity index (χ2n) is 4.73. The summed E-state index contributed by atoms with van der Waals surface area (Å²) in [7, 11) is 1.21. The lowest BCUT2D eigenvalue weighted by molar-refractivity contribution is -0.146. The van der Waals surface area contributed by atoms with Gasteiger partial charge >= 0.3 is 5.97 Å². The molecule has 0 aliphatic carbocycles. The maximum Gasteiger partial charge on any atom is 0.330 e. The second-order valence-corrected chi connectivity index (χ2v) is 4.73. The van der Waals surface area contributed by atoms with Crippen LogP contribution in [0.1, 0.15) is 25.3 Å². The molecule has 21 heavy (non-hydrogen) atoms. The number of carbonyl (C=O) groups excluding carboxylic acids is 2. The molecule has 0 aliphatic heterocycles. The molecule has 2 N–H and O–H groups in total. The number of nitrogens with one attached hydrogen (secondary N) is 1. The molecule has 0 spiro atoms. The van der Waals surface area contributed by atoms with Crippen LogP contribution in [0.2, 0.25) is 0 Å². The molecule has 1 aromatic rings. The Morgan fingerprint density at radius 1 is 1.29 bits per heavy atom. The Hall–Kier alpha value is -2.14. The number of allylic oxidation sites excluding steroid dienone is 1. The maximum atomic E-state index is 11.7. The quantitative estimate of drug-likeness (QED) is 0.747. The SMILES string of the molecule is COC(=O)[C@H](CO)NC(=O)CC/C(C)=C/c1ccccc1. The topological polar surface area (TPSA) is 75.6 Å². The summed E-state index contributed by atoms with van der Waals surface area (Å²) in [6.45, 7) is 1.47. The summed E-state index contributed by atoms with van der Waals surface area (Å²) in [6.07, 6.45) is 2.85. The van der Waals surface area contributed by atoms with E-state index in [-0.39, 0.29) is 12.3 Å². The summed E-state index contributed by atoms with van der Waals surface area (Å²) in [5.41, 5.74) is 2.15. The van der Waals surface area contributed by atoms with Crippen molar-refractivity contribution in [2.24, 2.45) is 0 Å². The Balaban J connectivity index is 2.45. The zero-order valence-electron chi connectivity index (χ0n) is 12.3. The molecular weight excluding hydrogens is 270 g/mol. The van der Waals surface area contributed by atoms with E-state index in [0.717, 1.165) is 11.1 Å². The molecule has 0 fully saturated rings. The van der Waals surface area contributed by atoms with Gasteiger partial charge in [-0.2, -0.15) is 0 Å². The van der Waals surface area contributed by atoms with Gasteiger partial charge in [-0.3, -0.25) is 4.79 Å². The van der Waals surface area contributed by atoms with Crippen molar-refractivity contribution in [3.8, 4) is 0 Å². The van der Waals surface area contributed by atoms with Gasteiger partial charge in [0.2, 0.25) is 5.91 Å². The number of methoxy groups -OCH3 is 1. The molecule has 1 amide bonds. The molecule has 114 valence electrons. The highest BCUT2D eigenvalue weighted by Crippen LogP contribution is 2.10. The van der Waals surface area contributed by atoms with Gasteiger partial charge in [-0.15, -0.1) is 0 Å². The van der Waals surface area contributed by atoms with Crippen LogP contribution in [0.5, 0.6) is 0 Å². The van der Waals surface area contributed by atoms with Crippen molar-refractivity contribution in [2.45, 2.75) is 25.8 Å². The van der Waals surface area contributed by atoms with E-state index in [1.54, 1.807) is 0 Å². The highest BCUT2D eigenvalue weighted by molar-refractivity contribution is 5.84. The van der Waals surface area contributed by atoms with Crippen LogP contribution in [0.4, 0.5) is 0 Å². The monoisotopic (exact) mass is 291 g/mol. The smallest absolute Gasteiger partial charge is 0.330 e. The zero-order valence-corrected chi connectivity index (χ0v) is 12.3. The molecule has 0 heterocycles. The van der Waals surface area contributed by atoms with Crippen molar-refractivity contribution in [3.63, 3.8) is 0 Å². The number of rotatable bonds is 7. The third-order valence-electron chi connectivity index (χ3n) is 2.96. The number of ether oxygens (including phenoxy) is 1. The second kappa shape index (κ2) is 8.92. The Kier molecular flexibility index (Phi) is 7.18. The van der Waals surface area contributed by atoms with E-state index in [2.05, 4.69) is 10.1 Å². The number of aliphatic hydroxyl groups is 1. The van der Waals surface area contributed by atoms with Crippen molar-refractivity contribution in [1.82, 2.24) is 5.32 Å². The fourth-order valence-corrected chi connectivity index (χ4v) is 1.80. The number of amides is 1. The molecule has 5 heteroatoms. The Bertz CT molecular complexity index is 496. The lowest BCUT2D eigenvalue weighted by atomic mass is 10.1. The number of esters is 1. The third-order valence-corrected chi connectivity index (χ3v) is 2.96. The van der Waals surface area contributed by atoms with Crippen LogP contribution in [0.25, 0.3) is 6.08 Å². The molecule has 1 atom stereocenters. The van der Waals surface area contributed by atoms with E-state index in [9.17, 15) is 9.59 Å². The first-order chi connectivity index (χ1) is 10.1. The van der Waals surface area contributed by atoms with Crippen LogP contribution in [0.3, 0.4) is 0 Å². The van der Waals surface area contributed by atoms with Gasteiger partial charge in [-0.05, 0) is 18.9 Å². The lowest BCUT2D eigenvalue weighted by Crippen LogP contribution is -2.43. The molecule has 5 nitrogen and oxygen atoms in total. The van der Waals surface area contributed by atoms with Gasteiger partial charge in [-0.25, -0.2) is 4.79 Å². The predicted octanol–water partition coefficient (Wildman–Crippen LogP) is 1.52. The average Bonchev–Trinajstić information content (AvgIpc) is 2.50. The summed E-state index contributed by atoms with van der Waals surface area (Å²) >= 11 is 0. The number of aliphatic hydroxyl groups excluding tert-OH is 1. The van der Waals surface area contributed by atoms with Crippen molar-refractivity contribution in [2.75, 3.05) is 13.7 Å². The molecule has 0 radical (unpaired) electrons. The largest absolute Gasteiger partial charge is 0.467 e. The standard InChI is InChI=1S/C16H21NO4/c1-12(10-13-6-4-3-5-7-13)8-9-15(19)17-14(11-18)16(20)21-2/h3-7,10,14,18H,8-9,11H2,1-2H3,(H,17,19)/b12-10+/t14-/m0/s1. The summed E-state index contributed by atoms with van der Waals surface area (Å²) < 4.78 is 4.48. The van der Waals surface area contributed by atoms with E-state index in [1.807, 2.05) is 43.3 Å². The Morgan fingerprint density at radius 2 is 1.95 bits per heavy atom. The molecule has 0 aromatic heterocycles. The predicted molar refractivity (Wildman–Crippen MR) is 80.4 cm³/mol. The number of hydrogen-bond acceptors (Lipinski definition) is 4. The first kappa shape index (κ1) is 16.9. The van der Waals surface area contributed by atoms with Gasteiger partial charge in [-0.1, -0.05) is 42.0 Å². The lowest BCUT2D eigenvalue weighted by Gasteiger charge is -2.13. The van der Waals surface area contributed by atoms with Crippen molar-refractivity contribution >= 4 is 18.0 Å². The van der Waals surface area contributed by atoms with Gasteiger partial charge < -0.3 is 15.2 Å². The molecule has 0 unspecified atom stereocenters. The first-order valence-corrected chi connectivity index (χ1v) is 6.77. The minimum absolute atomic E-state index is 0.253. The summed E-state index contributed by atoms with van der Waals surface area (Å²) in [5, 5.41) is 11.5. The summed E-state index contributed by atoms with van der Waals surface area (Å²) in [4.78, 5) is 23.0. The van der Waals surface area contributed by atoms with Crippen molar-refractivity contribution in [1.29, 1.82) is 0 Å². The van der Waals surface area contributed by atoms with Crippen LogP contribution in [-0.4, -0.2) is 36.7 Å². The molecule has 0 saturated heterocycles. The fraction of sp³-hybridized carbons (Fsp3) is 0.375. The van der Waals surface area contributed by atoms with E-state index >= 15 is 0 Å². The van der Waals surface area contributed by atoms with Gasteiger partial charge in [0.15, 0.2) is 6.04 Å². The minimum Gasteiger partial charge on any atom is -0.467 e. The van der Waals surface area contributed by atoms with E-state index in [1.165, 1.54) is 7.11 Å². The first-order valence-electron chi connectivity index (χ1n) is 6.77. The van der Waals surface area contributed by atoms with E-state index in [4.69, 9.17) is 5.11 Å². The molecule has 1 aromatic carbocycles. The highest BCUT2D eigenvalue weighted by atomic mass is 16.5.